The van der Waals surface area contributed by atoms with Crippen molar-refractivity contribution >= 4 is 17.6 Å². The van der Waals surface area contributed by atoms with Crippen LogP contribution in [0.25, 0.3) is 0 Å². The molecule has 0 bridgehead atoms. The van der Waals surface area contributed by atoms with Gasteiger partial charge in [0.2, 0.25) is 0 Å². The number of para-hydroxylation sites is 1. The van der Waals surface area contributed by atoms with Gasteiger partial charge in [-0.2, -0.15) is 0 Å². The lowest BCUT2D eigenvalue weighted by Gasteiger charge is -2.30. The number of hydrogen-bond acceptors (Lipinski definition) is 3. The van der Waals surface area contributed by atoms with Crippen LogP contribution < -0.4 is 5.32 Å². The number of carbonyl (C=O) groups excluding carboxylic acids is 1. The number of amides is 1. The van der Waals surface area contributed by atoms with Crippen molar-refractivity contribution in [1.82, 2.24) is 4.90 Å². The molecule has 0 atom stereocenters. The minimum Gasteiger partial charge on any atom is -0.481 e. The molecular weight excluding hydrogens is 340 g/mol. The zero-order valence-corrected chi connectivity index (χ0v) is 15.6. The number of likely N-dealkylation sites (tertiary alicyclic amines) is 1. The van der Waals surface area contributed by atoms with Crippen LogP contribution in [0.3, 0.4) is 0 Å². The summed E-state index contributed by atoms with van der Waals surface area (Å²) in [5, 5.41) is 12.6. The Hall–Kier alpha value is -2.82. The van der Waals surface area contributed by atoms with E-state index in [0.717, 1.165) is 17.7 Å². The Morgan fingerprint density at radius 3 is 2.56 bits per heavy atom. The van der Waals surface area contributed by atoms with Crippen LogP contribution in [-0.2, 0) is 17.8 Å². The van der Waals surface area contributed by atoms with Crippen LogP contribution in [0.5, 0.6) is 0 Å². The number of anilines is 1. The molecule has 0 radical (unpaired) electrons. The second-order valence-corrected chi connectivity index (χ2v) is 6.97. The van der Waals surface area contributed by atoms with E-state index in [1.54, 1.807) is 4.90 Å². The minimum atomic E-state index is -0.762. The number of carboxylic acids is 1. The number of rotatable bonds is 6. The molecule has 0 aliphatic carbocycles. The summed E-state index contributed by atoms with van der Waals surface area (Å²) in [6.45, 7) is 3.79. The largest absolute Gasteiger partial charge is 0.481 e. The Bertz CT molecular complexity index is 811. The van der Waals surface area contributed by atoms with Gasteiger partial charge in [0.1, 0.15) is 0 Å². The summed E-state index contributed by atoms with van der Waals surface area (Å²) < 4.78 is 0. The SMILES string of the molecule is CCc1ccccc1NCc1cccc(C(=O)N2CCC(C(=O)O)CC2)c1. The molecule has 1 aliphatic heterocycles. The van der Waals surface area contributed by atoms with Crippen molar-refractivity contribution in [2.45, 2.75) is 32.7 Å². The first-order valence-electron chi connectivity index (χ1n) is 9.51. The zero-order chi connectivity index (χ0) is 19.2. The normalized spacial score (nSPS) is 14.8. The van der Waals surface area contributed by atoms with Gasteiger partial charge in [0.15, 0.2) is 0 Å². The first kappa shape index (κ1) is 19.0. The lowest BCUT2D eigenvalue weighted by Crippen LogP contribution is -2.40. The smallest absolute Gasteiger partial charge is 0.306 e. The van der Waals surface area contributed by atoms with Crippen LogP contribution in [0.2, 0.25) is 0 Å². The van der Waals surface area contributed by atoms with Gasteiger partial charge < -0.3 is 15.3 Å². The number of piperidine rings is 1. The molecule has 2 N–H and O–H groups in total. The number of nitrogens with one attached hydrogen (secondary N) is 1. The predicted octanol–water partition coefficient (Wildman–Crippen LogP) is 3.80. The maximum absolute atomic E-state index is 12.8. The summed E-state index contributed by atoms with van der Waals surface area (Å²) in [5.74, 6) is -1.11. The molecule has 142 valence electrons. The van der Waals surface area contributed by atoms with E-state index in [1.165, 1.54) is 5.56 Å². The van der Waals surface area contributed by atoms with Crippen LogP contribution in [0.4, 0.5) is 5.69 Å². The molecule has 1 saturated heterocycles. The standard InChI is InChI=1S/C22H26N2O3/c1-2-17-7-3-4-9-20(17)23-15-16-6-5-8-19(14-16)21(25)24-12-10-18(11-13-24)22(26)27/h3-9,14,18,23H,2,10-13,15H2,1H3,(H,26,27). The summed E-state index contributed by atoms with van der Waals surface area (Å²) in [4.78, 5) is 25.6. The number of aryl methyl sites for hydroxylation is 1. The van der Waals surface area contributed by atoms with E-state index >= 15 is 0 Å². The first-order valence-corrected chi connectivity index (χ1v) is 9.51. The number of carboxylic acid groups (broad SMARTS) is 1. The van der Waals surface area contributed by atoms with Gasteiger partial charge in [-0.05, 0) is 48.6 Å². The molecule has 2 aromatic rings. The maximum Gasteiger partial charge on any atom is 0.306 e. The average molecular weight is 366 g/mol. The number of benzene rings is 2. The Kier molecular flexibility index (Phi) is 6.12. The highest BCUT2D eigenvalue weighted by Crippen LogP contribution is 2.20. The fraction of sp³-hybridized carbons (Fsp3) is 0.364. The van der Waals surface area contributed by atoms with Gasteiger partial charge in [-0.1, -0.05) is 37.3 Å². The average Bonchev–Trinajstić information content (AvgIpc) is 2.72. The van der Waals surface area contributed by atoms with E-state index in [-0.39, 0.29) is 11.8 Å². The summed E-state index contributed by atoms with van der Waals surface area (Å²) >= 11 is 0. The minimum absolute atomic E-state index is 0.0188. The molecule has 1 heterocycles. The fourth-order valence-corrected chi connectivity index (χ4v) is 3.52. The molecule has 1 fully saturated rings. The molecule has 0 spiro atoms. The second kappa shape index (κ2) is 8.71. The van der Waals surface area contributed by atoms with Crippen molar-refractivity contribution in [3.05, 3.63) is 65.2 Å². The van der Waals surface area contributed by atoms with Crippen molar-refractivity contribution in [1.29, 1.82) is 0 Å². The van der Waals surface area contributed by atoms with E-state index in [4.69, 9.17) is 5.11 Å². The summed E-state index contributed by atoms with van der Waals surface area (Å²) in [6.07, 6.45) is 2.01. The fourth-order valence-electron chi connectivity index (χ4n) is 3.52. The molecule has 3 rings (SSSR count). The number of carbonyl (C=O) groups is 2. The molecule has 0 saturated carbocycles. The van der Waals surface area contributed by atoms with E-state index in [2.05, 4.69) is 24.4 Å². The van der Waals surface area contributed by atoms with Gasteiger partial charge in [0.05, 0.1) is 5.92 Å². The quantitative estimate of drug-likeness (QED) is 0.816. The van der Waals surface area contributed by atoms with E-state index in [9.17, 15) is 9.59 Å². The molecule has 2 aromatic carbocycles. The monoisotopic (exact) mass is 366 g/mol. The summed E-state index contributed by atoms with van der Waals surface area (Å²) in [6, 6.07) is 15.9. The van der Waals surface area contributed by atoms with Crippen molar-refractivity contribution < 1.29 is 14.7 Å². The molecule has 5 heteroatoms. The molecule has 1 amide bonds. The van der Waals surface area contributed by atoms with Crippen LogP contribution >= 0.6 is 0 Å². The molecule has 0 aromatic heterocycles. The van der Waals surface area contributed by atoms with Crippen molar-refractivity contribution in [2.24, 2.45) is 5.92 Å². The predicted molar refractivity (Wildman–Crippen MR) is 106 cm³/mol. The third-order valence-electron chi connectivity index (χ3n) is 5.19. The van der Waals surface area contributed by atoms with Crippen molar-refractivity contribution in [3.63, 3.8) is 0 Å². The van der Waals surface area contributed by atoms with Crippen LogP contribution in [-0.4, -0.2) is 35.0 Å². The topological polar surface area (TPSA) is 69.6 Å². The van der Waals surface area contributed by atoms with Gasteiger partial charge >= 0.3 is 5.97 Å². The molecule has 0 unspecified atom stereocenters. The Morgan fingerprint density at radius 2 is 1.85 bits per heavy atom. The van der Waals surface area contributed by atoms with Crippen molar-refractivity contribution in [2.75, 3.05) is 18.4 Å². The van der Waals surface area contributed by atoms with Gasteiger partial charge in [0, 0.05) is 30.9 Å². The number of aliphatic carboxylic acids is 1. The lowest BCUT2D eigenvalue weighted by molar-refractivity contribution is -0.143. The lowest BCUT2D eigenvalue weighted by atomic mass is 9.96. The summed E-state index contributed by atoms with van der Waals surface area (Å²) in [5.41, 5.74) is 4.09. The van der Waals surface area contributed by atoms with Crippen LogP contribution in [0.1, 0.15) is 41.3 Å². The molecule has 1 aliphatic rings. The highest BCUT2D eigenvalue weighted by molar-refractivity contribution is 5.94. The Morgan fingerprint density at radius 1 is 1.11 bits per heavy atom. The van der Waals surface area contributed by atoms with Crippen LogP contribution in [0.15, 0.2) is 48.5 Å². The highest BCUT2D eigenvalue weighted by atomic mass is 16.4. The van der Waals surface area contributed by atoms with Crippen LogP contribution in [0, 0.1) is 5.92 Å². The van der Waals surface area contributed by atoms with Gasteiger partial charge in [-0.25, -0.2) is 0 Å². The van der Waals surface area contributed by atoms with E-state index in [1.807, 2.05) is 36.4 Å². The molecule has 5 nitrogen and oxygen atoms in total. The highest BCUT2D eigenvalue weighted by Gasteiger charge is 2.27. The third-order valence-corrected chi connectivity index (χ3v) is 5.19. The Labute approximate surface area is 160 Å². The van der Waals surface area contributed by atoms with Gasteiger partial charge in [-0.3, -0.25) is 9.59 Å². The molecule has 27 heavy (non-hydrogen) atoms. The Balaban J connectivity index is 1.63. The second-order valence-electron chi connectivity index (χ2n) is 6.97. The summed E-state index contributed by atoms with van der Waals surface area (Å²) in [7, 11) is 0. The number of hydrogen-bond donors (Lipinski definition) is 2. The number of nitrogens with zero attached hydrogens (tertiary/aromatic N) is 1. The first-order chi connectivity index (χ1) is 13.1. The zero-order valence-electron chi connectivity index (χ0n) is 15.6. The van der Waals surface area contributed by atoms with Gasteiger partial charge in [-0.15, -0.1) is 0 Å². The third kappa shape index (κ3) is 4.67. The maximum atomic E-state index is 12.8. The van der Waals surface area contributed by atoms with Gasteiger partial charge in [0.25, 0.3) is 5.91 Å². The van der Waals surface area contributed by atoms with Crippen molar-refractivity contribution in [3.8, 4) is 0 Å². The van der Waals surface area contributed by atoms with E-state index < -0.39 is 5.97 Å². The van der Waals surface area contributed by atoms with E-state index in [0.29, 0.717) is 38.0 Å². The molecular formula is C22H26N2O3.